The third-order valence-electron chi connectivity index (χ3n) is 10.3. The van der Waals surface area contributed by atoms with Gasteiger partial charge in [-0.3, -0.25) is 9.59 Å². The topological polar surface area (TPSA) is 194 Å². The standard InChI is InChI=1S/C27H36O14/c1-12-19(31)39-17-16(30)25-15-9-14(23(2,3)4)24(25)18(37-8-7-35-5-6-36-11-13(29)10-28)20(32)40-22(24)41-27(25,21(33)38-15)26(12,17)34/h12,14-18,22,28,30,34H,5-11H2,1-4H3/t12?,14?,15?,16-,17-,18-,22-,24?,25-,26+,27+/m0/s1. The van der Waals surface area contributed by atoms with Gasteiger partial charge in [0.15, 0.2) is 23.6 Å². The SMILES string of the molecule is CC1C(=O)O[C@H]2[C@H](O)[C@@]34C5CC(C(C)(C)C)C36[C@@H](OC(=O)[C@@H]6OCCOCCOCC(=O)CO)O[C@@]4(C(=O)O5)[C@@]12O. The van der Waals surface area contributed by atoms with Crippen molar-refractivity contribution in [1.82, 2.24) is 0 Å². The van der Waals surface area contributed by atoms with Crippen molar-refractivity contribution >= 4 is 23.7 Å². The second kappa shape index (κ2) is 9.15. The molecule has 0 bridgehead atoms. The number of aliphatic hydroxyl groups is 3. The highest BCUT2D eigenvalue weighted by atomic mass is 16.8. The lowest BCUT2D eigenvalue weighted by molar-refractivity contribution is -0.240. The first-order valence-corrected chi connectivity index (χ1v) is 13.9. The molecule has 14 nitrogen and oxygen atoms in total. The number of rotatable bonds is 10. The van der Waals surface area contributed by atoms with Crippen LogP contribution in [0.25, 0.3) is 0 Å². The van der Waals surface area contributed by atoms with Crippen LogP contribution in [0.2, 0.25) is 0 Å². The van der Waals surface area contributed by atoms with Crippen LogP contribution in [0.5, 0.6) is 0 Å². The summed E-state index contributed by atoms with van der Waals surface area (Å²) in [4.78, 5) is 51.0. The average molecular weight is 585 g/mol. The number of ether oxygens (including phenoxy) is 7. The van der Waals surface area contributed by atoms with Crippen molar-refractivity contribution in [2.75, 3.05) is 39.6 Å². The van der Waals surface area contributed by atoms with E-state index >= 15 is 0 Å². The van der Waals surface area contributed by atoms with Gasteiger partial charge in [0.1, 0.15) is 25.4 Å². The maximum absolute atomic E-state index is 13.8. The Morgan fingerprint density at radius 3 is 2.39 bits per heavy atom. The van der Waals surface area contributed by atoms with E-state index in [1.807, 2.05) is 20.8 Å². The second-order valence-corrected chi connectivity index (χ2v) is 12.9. The highest BCUT2D eigenvalue weighted by Crippen LogP contribution is 2.84. The number of fused-ring (bicyclic) bond motifs is 1. The van der Waals surface area contributed by atoms with Gasteiger partial charge in [0.2, 0.25) is 11.9 Å². The van der Waals surface area contributed by atoms with Crippen molar-refractivity contribution in [2.45, 2.75) is 76.0 Å². The molecule has 0 radical (unpaired) electrons. The minimum atomic E-state index is -2.28. The fourth-order valence-electron chi connectivity index (χ4n) is 8.97. The van der Waals surface area contributed by atoms with Crippen LogP contribution in [0.1, 0.15) is 34.1 Å². The molecule has 14 heteroatoms. The number of carbonyl (C=O) groups is 4. The molecule has 6 rings (SSSR count). The summed E-state index contributed by atoms with van der Waals surface area (Å²) in [6.07, 6.45) is -6.57. The van der Waals surface area contributed by atoms with E-state index in [0.717, 1.165) is 0 Å². The molecule has 2 saturated carbocycles. The van der Waals surface area contributed by atoms with E-state index in [9.17, 15) is 29.4 Å². The second-order valence-electron chi connectivity index (χ2n) is 12.9. The molecule has 2 spiro atoms. The van der Waals surface area contributed by atoms with Crippen molar-refractivity contribution in [3.8, 4) is 0 Å². The highest BCUT2D eigenvalue weighted by molar-refractivity contribution is 5.94. The van der Waals surface area contributed by atoms with Gasteiger partial charge in [0.25, 0.3) is 0 Å². The monoisotopic (exact) mass is 584 g/mol. The zero-order chi connectivity index (χ0) is 29.8. The zero-order valence-electron chi connectivity index (χ0n) is 23.3. The molecule has 0 aromatic rings. The van der Waals surface area contributed by atoms with Crippen LogP contribution < -0.4 is 0 Å². The van der Waals surface area contributed by atoms with Crippen LogP contribution in [0.15, 0.2) is 0 Å². The van der Waals surface area contributed by atoms with Gasteiger partial charge in [-0.15, -0.1) is 0 Å². The fraction of sp³-hybridized carbons (Fsp3) is 0.852. The van der Waals surface area contributed by atoms with Gasteiger partial charge in [-0.1, -0.05) is 20.8 Å². The Balaban J connectivity index is 1.34. The van der Waals surface area contributed by atoms with Gasteiger partial charge >= 0.3 is 17.9 Å². The average Bonchev–Trinajstić information content (AvgIpc) is 3.62. The zero-order valence-corrected chi connectivity index (χ0v) is 23.3. The fourth-order valence-corrected chi connectivity index (χ4v) is 8.97. The van der Waals surface area contributed by atoms with Crippen LogP contribution in [0.4, 0.5) is 0 Å². The number of aliphatic hydroxyl groups excluding tert-OH is 2. The number of hydrogen-bond acceptors (Lipinski definition) is 14. The summed E-state index contributed by atoms with van der Waals surface area (Å²) in [5.74, 6) is -4.63. The van der Waals surface area contributed by atoms with Crippen molar-refractivity contribution in [3.05, 3.63) is 0 Å². The predicted octanol–water partition coefficient (Wildman–Crippen LogP) is -1.75. The quantitative estimate of drug-likeness (QED) is 0.149. The summed E-state index contributed by atoms with van der Waals surface area (Å²) in [6, 6.07) is 0. The highest BCUT2D eigenvalue weighted by Gasteiger charge is 3.04. The largest absolute Gasteiger partial charge is 0.459 e. The molecule has 41 heavy (non-hydrogen) atoms. The molecule has 6 fully saturated rings. The maximum Gasteiger partial charge on any atom is 0.343 e. The van der Waals surface area contributed by atoms with E-state index < -0.39 is 100 Å². The lowest BCUT2D eigenvalue weighted by atomic mass is 9.51. The van der Waals surface area contributed by atoms with E-state index in [-0.39, 0.29) is 39.5 Å². The molecule has 4 aliphatic heterocycles. The molecule has 0 aromatic heterocycles. The van der Waals surface area contributed by atoms with E-state index in [0.29, 0.717) is 0 Å². The molecular formula is C27H36O14. The molecule has 4 heterocycles. The Morgan fingerprint density at radius 1 is 1.02 bits per heavy atom. The Hall–Kier alpha value is -2.20. The molecule has 228 valence electrons. The van der Waals surface area contributed by atoms with E-state index in [1.54, 1.807) is 0 Å². The van der Waals surface area contributed by atoms with Gasteiger partial charge in [-0.05, 0) is 24.7 Å². The first-order chi connectivity index (χ1) is 19.3. The van der Waals surface area contributed by atoms with Crippen LogP contribution in [0, 0.1) is 28.1 Å². The summed E-state index contributed by atoms with van der Waals surface area (Å²) in [7, 11) is 0. The van der Waals surface area contributed by atoms with E-state index in [1.165, 1.54) is 6.92 Å². The van der Waals surface area contributed by atoms with Crippen molar-refractivity contribution in [1.29, 1.82) is 0 Å². The van der Waals surface area contributed by atoms with Gasteiger partial charge in [0.05, 0.1) is 43.2 Å². The van der Waals surface area contributed by atoms with Crippen LogP contribution >= 0.6 is 0 Å². The Labute approximate surface area is 235 Å². The third kappa shape index (κ3) is 3.11. The number of carbonyl (C=O) groups excluding carboxylic acids is 4. The molecule has 11 atom stereocenters. The number of Topliss-reactive ketones (excluding diaryl/α,β-unsaturated/α-hetero) is 1. The molecule has 2 aliphatic carbocycles. The molecular weight excluding hydrogens is 548 g/mol. The maximum atomic E-state index is 13.8. The lowest BCUT2D eigenvalue weighted by Crippen LogP contribution is -2.67. The van der Waals surface area contributed by atoms with Crippen LogP contribution in [0.3, 0.4) is 0 Å². The number of hydrogen-bond donors (Lipinski definition) is 3. The van der Waals surface area contributed by atoms with Gasteiger partial charge in [-0.25, -0.2) is 9.59 Å². The van der Waals surface area contributed by atoms with Gasteiger partial charge in [-0.2, -0.15) is 0 Å². The Morgan fingerprint density at radius 2 is 1.71 bits per heavy atom. The minimum absolute atomic E-state index is 0.0314. The van der Waals surface area contributed by atoms with Crippen LogP contribution in [-0.4, -0.2) is 121 Å². The molecule has 0 aromatic carbocycles. The Bertz CT molecular complexity index is 1170. The van der Waals surface area contributed by atoms with Gasteiger partial charge in [0, 0.05) is 0 Å². The number of esters is 3. The normalized spacial score (nSPS) is 47.1. The first-order valence-electron chi connectivity index (χ1n) is 13.9. The minimum Gasteiger partial charge on any atom is -0.459 e. The lowest BCUT2D eigenvalue weighted by Gasteiger charge is -2.48. The smallest absolute Gasteiger partial charge is 0.343 e. The summed E-state index contributed by atoms with van der Waals surface area (Å²) in [6.45, 7) is 6.58. The molecule has 4 saturated heterocycles. The third-order valence-corrected chi connectivity index (χ3v) is 10.3. The summed E-state index contributed by atoms with van der Waals surface area (Å²) < 4.78 is 40.2. The van der Waals surface area contributed by atoms with E-state index in [4.69, 9.17) is 38.3 Å². The molecule has 3 N–H and O–H groups in total. The summed E-state index contributed by atoms with van der Waals surface area (Å²) in [5.41, 5.74) is -8.28. The summed E-state index contributed by atoms with van der Waals surface area (Å²) >= 11 is 0. The van der Waals surface area contributed by atoms with Crippen LogP contribution in [-0.2, 0) is 52.3 Å². The molecule has 4 unspecified atom stereocenters. The van der Waals surface area contributed by atoms with Crippen molar-refractivity contribution in [2.24, 2.45) is 28.1 Å². The number of ketones is 1. The van der Waals surface area contributed by atoms with Crippen molar-refractivity contribution < 1.29 is 67.7 Å². The molecule has 0 amide bonds. The summed E-state index contributed by atoms with van der Waals surface area (Å²) in [5, 5.41) is 33.0. The van der Waals surface area contributed by atoms with Crippen molar-refractivity contribution in [3.63, 3.8) is 0 Å². The predicted molar refractivity (Wildman–Crippen MR) is 129 cm³/mol. The molecule has 6 aliphatic rings. The Kier molecular flexibility index (Phi) is 6.45. The van der Waals surface area contributed by atoms with E-state index in [2.05, 4.69) is 0 Å². The first kappa shape index (κ1) is 28.9. The van der Waals surface area contributed by atoms with Gasteiger partial charge < -0.3 is 48.5 Å².